The third-order valence-corrected chi connectivity index (χ3v) is 5.01. The molecule has 0 aliphatic rings. The van der Waals surface area contributed by atoms with Crippen LogP contribution < -0.4 is 10.6 Å². The van der Waals surface area contributed by atoms with Gasteiger partial charge in [-0.1, -0.05) is 12.1 Å². The Labute approximate surface area is 155 Å². The fourth-order valence-corrected chi connectivity index (χ4v) is 3.33. The highest BCUT2D eigenvalue weighted by Crippen LogP contribution is 2.19. The minimum absolute atomic E-state index is 0.120. The second-order valence-electron chi connectivity index (χ2n) is 6.01. The average Bonchev–Trinajstić information content (AvgIpc) is 3.20. The molecule has 2 heterocycles. The summed E-state index contributed by atoms with van der Waals surface area (Å²) in [6.45, 7) is 3.85. The molecule has 0 radical (unpaired) electrons. The van der Waals surface area contributed by atoms with Gasteiger partial charge in [-0.3, -0.25) is 14.3 Å². The van der Waals surface area contributed by atoms with E-state index in [1.54, 1.807) is 35.0 Å². The van der Waals surface area contributed by atoms with Crippen LogP contribution in [0.1, 0.15) is 26.6 Å². The van der Waals surface area contributed by atoms with E-state index in [0.29, 0.717) is 16.3 Å². The molecule has 26 heavy (non-hydrogen) atoms. The van der Waals surface area contributed by atoms with Gasteiger partial charge in [-0.2, -0.15) is 5.10 Å². The van der Waals surface area contributed by atoms with E-state index < -0.39 is 0 Å². The van der Waals surface area contributed by atoms with E-state index in [1.807, 2.05) is 32.3 Å². The van der Waals surface area contributed by atoms with Crippen LogP contribution in [0, 0.1) is 13.8 Å². The molecule has 0 saturated heterocycles. The van der Waals surface area contributed by atoms with Crippen molar-refractivity contribution in [1.29, 1.82) is 0 Å². The zero-order chi connectivity index (χ0) is 18.7. The number of amides is 2. The molecule has 0 saturated carbocycles. The summed E-state index contributed by atoms with van der Waals surface area (Å²) in [7, 11) is 1.86. The lowest BCUT2D eigenvalue weighted by Gasteiger charge is -2.09. The van der Waals surface area contributed by atoms with E-state index in [1.165, 1.54) is 11.3 Å². The highest BCUT2D eigenvalue weighted by atomic mass is 32.1. The first-order valence-electron chi connectivity index (χ1n) is 8.18. The number of aromatic nitrogens is 2. The van der Waals surface area contributed by atoms with Crippen LogP contribution in [0.3, 0.4) is 0 Å². The van der Waals surface area contributed by atoms with Crippen LogP contribution in [0.15, 0.2) is 41.8 Å². The number of carbonyl (C=O) groups is 2. The van der Waals surface area contributed by atoms with Gasteiger partial charge in [0.25, 0.3) is 5.91 Å². The maximum Gasteiger partial charge on any atom is 0.265 e. The molecule has 134 valence electrons. The molecule has 2 amide bonds. The van der Waals surface area contributed by atoms with Gasteiger partial charge in [0, 0.05) is 29.7 Å². The van der Waals surface area contributed by atoms with Gasteiger partial charge in [0.05, 0.1) is 17.0 Å². The fraction of sp³-hybridized carbons (Fsp3) is 0.211. The number of benzene rings is 1. The molecule has 0 fully saturated rings. The van der Waals surface area contributed by atoms with Gasteiger partial charge in [-0.15, -0.1) is 11.3 Å². The Hall–Kier alpha value is -2.93. The Balaban J connectivity index is 1.66. The van der Waals surface area contributed by atoms with Gasteiger partial charge in [0.1, 0.15) is 0 Å². The summed E-state index contributed by atoms with van der Waals surface area (Å²) in [5, 5.41) is 11.9. The molecule has 0 spiro atoms. The number of carbonyl (C=O) groups excluding carboxylic acids is 2. The predicted octanol–water partition coefficient (Wildman–Crippen LogP) is 3.53. The monoisotopic (exact) mass is 368 g/mol. The Kier molecular flexibility index (Phi) is 5.18. The number of anilines is 2. The largest absolute Gasteiger partial charge is 0.326 e. The van der Waals surface area contributed by atoms with Crippen LogP contribution in [0.25, 0.3) is 0 Å². The van der Waals surface area contributed by atoms with E-state index >= 15 is 0 Å². The molecule has 1 aromatic carbocycles. The average molecular weight is 368 g/mol. The molecular formula is C19H20N4O2S. The Morgan fingerprint density at radius 3 is 2.46 bits per heavy atom. The van der Waals surface area contributed by atoms with E-state index in [9.17, 15) is 9.59 Å². The van der Waals surface area contributed by atoms with Crippen LogP contribution in [-0.2, 0) is 18.3 Å². The minimum atomic E-state index is -0.162. The van der Waals surface area contributed by atoms with Gasteiger partial charge in [0.15, 0.2) is 0 Å². The zero-order valence-corrected chi connectivity index (χ0v) is 15.7. The van der Waals surface area contributed by atoms with E-state index in [-0.39, 0.29) is 18.2 Å². The molecule has 6 nitrogen and oxygen atoms in total. The molecule has 0 aliphatic heterocycles. The summed E-state index contributed by atoms with van der Waals surface area (Å²) < 4.78 is 1.78. The number of thiophene rings is 1. The quantitative estimate of drug-likeness (QED) is 0.723. The SMILES string of the molecule is Cc1nn(C)c(C)c1CC(=O)Nc1cccc(NC(=O)c2cccs2)c1. The number of hydrogen-bond acceptors (Lipinski definition) is 4. The second kappa shape index (κ2) is 7.53. The van der Waals surface area contributed by atoms with Gasteiger partial charge in [0.2, 0.25) is 5.91 Å². The zero-order valence-electron chi connectivity index (χ0n) is 14.9. The van der Waals surface area contributed by atoms with Gasteiger partial charge in [-0.05, 0) is 43.5 Å². The van der Waals surface area contributed by atoms with Crippen molar-refractivity contribution >= 4 is 34.5 Å². The number of aryl methyl sites for hydroxylation is 2. The predicted molar refractivity (Wildman–Crippen MR) is 104 cm³/mol. The maximum absolute atomic E-state index is 12.4. The summed E-state index contributed by atoms with van der Waals surface area (Å²) in [4.78, 5) is 25.2. The van der Waals surface area contributed by atoms with Crippen molar-refractivity contribution in [1.82, 2.24) is 9.78 Å². The van der Waals surface area contributed by atoms with Gasteiger partial charge < -0.3 is 10.6 Å². The first-order chi connectivity index (χ1) is 12.4. The normalized spacial score (nSPS) is 10.6. The molecule has 7 heteroatoms. The van der Waals surface area contributed by atoms with Crippen LogP contribution >= 0.6 is 11.3 Å². The standard InChI is InChI=1S/C19H20N4O2S/c1-12-16(13(2)23(3)22-12)11-18(24)20-14-6-4-7-15(10-14)21-19(25)17-8-5-9-26-17/h4-10H,11H2,1-3H3,(H,20,24)(H,21,25). The van der Waals surface area contributed by atoms with Crippen molar-refractivity contribution in [2.75, 3.05) is 10.6 Å². The summed E-state index contributed by atoms with van der Waals surface area (Å²) in [5.74, 6) is -0.281. The Morgan fingerprint density at radius 1 is 1.12 bits per heavy atom. The Bertz CT molecular complexity index is 945. The summed E-state index contributed by atoms with van der Waals surface area (Å²) >= 11 is 1.38. The van der Waals surface area contributed by atoms with E-state index in [4.69, 9.17) is 0 Å². The minimum Gasteiger partial charge on any atom is -0.326 e. The van der Waals surface area contributed by atoms with Crippen molar-refractivity contribution in [3.8, 4) is 0 Å². The number of hydrogen-bond donors (Lipinski definition) is 2. The van der Waals surface area contributed by atoms with E-state index in [2.05, 4.69) is 15.7 Å². The summed E-state index contributed by atoms with van der Waals surface area (Å²) in [6.07, 6.45) is 0.261. The van der Waals surface area contributed by atoms with Crippen molar-refractivity contribution in [2.24, 2.45) is 7.05 Å². The van der Waals surface area contributed by atoms with Gasteiger partial charge >= 0.3 is 0 Å². The lowest BCUT2D eigenvalue weighted by Crippen LogP contribution is -2.16. The Morgan fingerprint density at radius 2 is 1.85 bits per heavy atom. The van der Waals surface area contributed by atoms with Crippen LogP contribution in [0.5, 0.6) is 0 Å². The third-order valence-electron chi connectivity index (χ3n) is 4.15. The number of nitrogens with zero attached hydrogens (tertiary/aromatic N) is 2. The molecule has 2 aromatic heterocycles. The lowest BCUT2D eigenvalue weighted by atomic mass is 10.1. The first-order valence-corrected chi connectivity index (χ1v) is 9.06. The van der Waals surface area contributed by atoms with E-state index in [0.717, 1.165) is 17.0 Å². The van der Waals surface area contributed by atoms with Gasteiger partial charge in [-0.25, -0.2) is 0 Å². The van der Waals surface area contributed by atoms with Crippen LogP contribution in [0.2, 0.25) is 0 Å². The van der Waals surface area contributed by atoms with Crippen LogP contribution in [-0.4, -0.2) is 21.6 Å². The van der Waals surface area contributed by atoms with Crippen molar-refractivity contribution in [3.05, 3.63) is 63.6 Å². The third kappa shape index (κ3) is 4.00. The first kappa shape index (κ1) is 17.9. The molecule has 0 bridgehead atoms. The molecule has 3 rings (SSSR count). The summed E-state index contributed by atoms with van der Waals surface area (Å²) in [6, 6.07) is 10.7. The highest BCUT2D eigenvalue weighted by molar-refractivity contribution is 7.12. The molecular weight excluding hydrogens is 348 g/mol. The molecule has 0 aliphatic carbocycles. The number of nitrogens with one attached hydrogen (secondary N) is 2. The van der Waals surface area contributed by atoms with Crippen LogP contribution in [0.4, 0.5) is 11.4 Å². The molecule has 3 aromatic rings. The van der Waals surface area contributed by atoms with Crippen molar-refractivity contribution < 1.29 is 9.59 Å². The second-order valence-corrected chi connectivity index (χ2v) is 6.96. The van der Waals surface area contributed by atoms with Crippen molar-refractivity contribution in [2.45, 2.75) is 20.3 Å². The molecule has 0 atom stereocenters. The topological polar surface area (TPSA) is 76.0 Å². The molecule has 2 N–H and O–H groups in total. The fourth-order valence-electron chi connectivity index (χ4n) is 2.71. The lowest BCUT2D eigenvalue weighted by molar-refractivity contribution is -0.115. The molecule has 0 unspecified atom stereocenters. The number of rotatable bonds is 5. The highest BCUT2D eigenvalue weighted by Gasteiger charge is 2.14. The van der Waals surface area contributed by atoms with Crippen molar-refractivity contribution in [3.63, 3.8) is 0 Å². The summed E-state index contributed by atoms with van der Waals surface area (Å²) in [5.41, 5.74) is 4.05. The smallest absolute Gasteiger partial charge is 0.265 e. The maximum atomic E-state index is 12.4.